The van der Waals surface area contributed by atoms with Gasteiger partial charge in [0.05, 0.1) is 18.5 Å². The molecule has 1 amide bonds. The molecular formula is C17H24N2O3. The first-order valence-electron chi connectivity index (χ1n) is 7.74. The lowest BCUT2D eigenvalue weighted by Crippen LogP contribution is -2.47. The molecule has 0 saturated heterocycles. The SMILES string of the molecule is CCC1Nc2cc(C)c(C)cc2N(CCCC(=O)OC)C1=O. The maximum Gasteiger partial charge on any atom is 0.305 e. The Bertz CT molecular complexity index is 584. The minimum Gasteiger partial charge on any atom is -0.469 e. The quantitative estimate of drug-likeness (QED) is 0.850. The van der Waals surface area contributed by atoms with E-state index in [1.165, 1.54) is 12.7 Å². The van der Waals surface area contributed by atoms with Gasteiger partial charge < -0.3 is 15.0 Å². The molecule has 120 valence electrons. The van der Waals surface area contributed by atoms with Gasteiger partial charge in [0.15, 0.2) is 0 Å². The van der Waals surface area contributed by atoms with E-state index in [0.29, 0.717) is 19.4 Å². The average Bonchev–Trinajstić information content (AvgIpc) is 2.50. The number of rotatable bonds is 5. The molecule has 0 aromatic heterocycles. The van der Waals surface area contributed by atoms with Crippen LogP contribution >= 0.6 is 0 Å². The smallest absolute Gasteiger partial charge is 0.305 e. The zero-order chi connectivity index (χ0) is 16.3. The molecule has 0 radical (unpaired) electrons. The Morgan fingerprint density at radius 2 is 2.00 bits per heavy atom. The molecule has 1 heterocycles. The highest BCUT2D eigenvalue weighted by Crippen LogP contribution is 2.34. The average molecular weight is 304 g/mol. The van der Waals surface area contributed by atoms with Crippen LogP contribution in [0.15, 0.2) is 12.1 Å². The maximum absolute atomic E-state index is 12.6. The summed E-state index contributed by atoms with van der Waals surface area (Å²) in [7, 11) is 1.38. The minimum atomic E-state index is -0.241. The number of aryl methyl sites for hydroxylation is 2. The fraction of sp³-hybridized carbons (Fsp3) is 0.529. The summed E-state index contributed by atoms with van der Waals surface area (Å²) in [5, 5.41) is 3.32. The summed E-state index contributed by atoms with van der Waals surface area (Å²) < 4.78 is 4.66. The van der Waals surface area contributed by atoms with Crippen LogP contribution in [0.3, 0.4) is 0 Å². The van der Waals surface area contributed by atoms with Crippen molar-refractivity contribution in [2.24, 2.45) is 0 Å². The molecule has 1 aliphatic rings. The van der Waals surface area contributed by atoms with Crippen molar-refractivity contribution < 1.29 is 14.3 Å². The number of benzene rings is 1. The molecule has 1 unspecified atom stereocenters. The number of anilines is 2. The number of hydrogen-bond donors (Lipinski definition) is 1. The molecule has 1 aliphatic heterocycles. The number of nitrogens with one attached hydrogen (secondary N) is 1. The van der Waals surface area contributed by atoms with Crippen molar-refractivity contribution in [2.75, 3.05) is 23.9 Å². The number of esters is 1. The van der Waals surface area contributed by atoms with Gasteiger partial charge in [0.2, 0.25) is 5.91 Å². The van der Waals surface area contributed by atoms with Gasteiger partial charge in [0.25, 0.3) is 0 Å². The summed E-state index contributed by atoms with van der Waals surface area (Å²) in [6, 6.07) is 3.93. The number of methoxy groups -OCH3 is 1. The van der Waals surface area contributed by atoms with E-state index in [9.17, 15) is 9.59 Å². The highest BCUT2D eigenvalue weighted by molar-refractivity contribution is 6.05. The van der Waals surface area contributed by atoms with E-state index >= 15 is 0 Å². The predicted molar refractivity (Wildman–Crippen MR) is 87.2 cm³/mol. The topological polar surface area (TPSA) is 58.6 Å². The van der Waals surface area contributed by atoms with Crippen LogP contribution in [-0.4, -0.2) is 31.6 Å². The van der Waals surface area contributed by atoms with E-state index in [1.807, 2.05) is 19.9 Å². The van der Waals surface area contributed by atoms with Crippen LogP contribution in [0.2, 0.25) is 0 Å². The van der Waals surface area contributed by atoms with Gasteiger partial charge in [-0.05, 0) is 49.9 Å². The summed E-state index contributed by atoms with van der Waals surface area (Å²) in [6.45, 7) is 6.63. The van der Waals surface area contributed by atoms with Gasteiger partial charge in [-0.1, -0.05) is 6.92 Å². The molecule has 1 atom stereocenters. The molecule has 0 fully saturated rings. The van der Waals surface area contributed by atoms with Crippen molar-refractivity contribution in [3.63, 3.8) is 0 Å². The molecule has 5 heteroatoms. The first-order chi connectivity index (χ1) is 10.5. The van der Waals surface area contributed by atoms with Gasteiger partial charge >= 0.3 is 5.97 Å². The number of hydrogen-bond acceptors (Lipinski definition) is 4. The maximum atomic E-state index is 12.6. The molecule has 0 saturated carbocycles. The summed E-state index contributed by atoms with van der Waals surface area (Å²) >= 11 is 0. The second kappa shape index (κ2) is 6.81. The molecule has 1 N–H and O–H groups in total. The van der Waals surface area contributed by atoms with Crippen LogP contribution in [0.1, 0.15) is 37.3 Å². The van der Waals surface area contributed by atoms with E-state index < -0.39 is 0 Å². The summed E-state index contributed by atoms with van der Waals surface area (Å²) in [4.78, 5) is 25.7. The van der Waals surface area contributed by atoms with E-state index in [1.54, 1.807) is 4.90 Å². The molecule has 22 heavy (non-hydrogen) atoms. The molecule has 0 bridgehead atoms. The summed E-state index contributed by atoms with van der Waals surface area (Å²) in [5.41, 5.74) is 4.25. The van der Waals surface area contributed by atoms with E-state index in [4.69, 9.17) is 0 Å². The third-order valence-corrected chi connectivity index (χ3v) is 4.20. The zero-order valence-electron chi connectivity index (χ0n) is 13.7. The molecule has 0 spiro atoms. The third-order valence-electron chi connectivity index (χ3n) is 4.20. The van der Waals surface area contributed by atoms with Gasteiger partial charge in [-0.15, -0.1) is 0 Å². The monoisotopic (exact) mass is 304 g/mol. The fourth-order valence-electron chi connectivity index (χ4n) is 2.69. The van der Waals surface area contributed by atoms with Crippen molar-refractivity contribution in [3.8, 4) is 0 Å². The van der Waals surface area contributed by atoms with Crippen LogP contribution in [0, 0.1) is 13.8 Å². The Hall–Kier alpha value is -2.04. The largest absolute Gasteiger partial charge is 0.469 e. The number of carbonyl (C=O) groups excluding carboxylic acids is 2. The van der Waals surface area contributed by atoms with Crippen molar-refractivity contribution in [3.05, 3.63) is 23.3 Å². The number of ether oxygens (including phenoxy) is 1. The highest BCUT2D eigenvalue weighted by Gasteiger charge is 2.31. The number of nitrogens with zero attached hydrogens (tertiary/aromatic N) is 1. The summed E-state index contributed by atoms with van der Waals surface area (Å²) in [5.74, 6) is -0.168. The van der Waals surface area contributed by atoms with Gasteiger partial charge in [0, 0.05) is 13.0 Å². The Morgan fingerprint density at radius 1 is 1.32 bits per heavy atom. The predicted octanol–water partition coefficient (Wildman–Crippen LogP) is 2.79. The molecule has 1 aromatic rings. The lowest BCUT2D eigenvalue weighted by Gasteiger charge is -2.35. The lowest BCUT2D eigenvalue weighted by atomic mass is 10.0. The zero-order valence-corrected chi connectivity index (χ0v) is 13.7. The van der Waals surface area contributed by atoms with Crippen molar-refractivity contribution >= 4 is 23.3 Å². The van der Waals surface area contributed by atoms with Crippen LogP contribution in [0.25, 0.3) is 0 Å². The van der Waals surface area contributed by atoms with E-state index in [2.05, 4.69) is 23.0 Å². The standard InChI is InChI=1S/C17H24N2O3/c1-5-13-17(21)19(8-6-7-16(20)22-4)15-10-12(3)11(2)9-14(15)18-13/h9-10,13,18H,5-8H2,1-4H3. The van der Waals surface area contributed by atoms with Crippen molar-refractivity contribution in [1.82, 2.24) is 0 Å². The van der Waals surface area contributed by atoms with Gasteiger partial charge in [-0.3, -0.25) is 9.59 Å². The van der Waals surface area contributed by atoms with Crippen LogP contribution in [0.4, 0.5) is 11.4 Å². The highest BCUT2D eigenvalue weighted by atomic mass is 16.5. The van der Waals surface area contributed by atoms with E-state index in [-0.39, 0.29) is 17.9 Å². The first kappa shape index (κ1) is 16.3. The molecular weight excluding hydrogens is 280 g/mol. The number of amides is 1. The van der Waals surface area contributed by atoms with Crippen LogP contribution in [-0.2, 0) is 14.3 Å². The Balaban J connectivity index is 2.25. The Morgan fingerprint density at radius 3 is 2.64 bits per heavy atom. The van der Waals surface area contributed by atoms with Crippen molar-refractivity contribution in [2.45, 2.75) is 46.1 Å². The van der Waals surface area contributed by atoms with Gasteiger partial charge in [-0.2, -0.15) is 0 Å². The van der Waals surface area contributed by atoms with Crippen LogP contribution < -0.4 is 10.2 Å². The number of carbonyl (C=O) groups is 2. The second-order valence-electron chi connectivity index (χ2n) is 5.73. The summed E-state index contributed by atoms with van der Waals surface area (Å²) in [6.07, 6.45) is 1.66. The van der Waals surface area contributed by atoms with Gasteiger partial charge in [-0.25, -0.2) is 0 Å². The molecule has 0 aliphatic carbocycles. The third kappa shape index (κ3) is 3.24. The van der Waals surface area contributed by atoms with Crippen molar-refractivity contribution in [1.29, 1.82) is 0 Å². The number of fused-ring (bicyclic) bond motifs is 1. The first-order valence-corrected chi connectivity index (χ1v) is 7.74. The normalized spacial score (nSPS) is 17.0. The molecule has 5 nitrogen and oxygen atoms in total. The fourth-order valence-corrected chi connectivity index (χ4v) is 2.69. The Labute approximate surface area is 131 Å². The Kier molecular flexibility index (Phi) is 5.06. The van der Waals surface area contributed by atoms with Crippen LogP contribution in [0.5, 0.6) is 0 Å². The minimum absolute atomic E-state index is 0.0723. The second-order valence-corrected chi connectivity index (χ2v) is 5.73. The van der Waals surface area contributed by atoms with Gasteiger partial charge in [0.1, 0.15) is 6.04 Å². The molecule has 1 aromatic carbocycles. The van der Waals surface area contributed by atoms with E-state index in [0.717, 1.165) is 23.4 Å². The molecule has 2 rings (SSSR count). The lowest BCUT2D eigenvalue weighted by molar-refractivity contribution is -0.140.